The van der Waals surface area contributed by atoms with Crippen LogP contribution in [-0.4, -0.2) is 19.3 Å². The van der Waals surface area contributed by atoms with Crippen LogP contribution in [-0.2, 0) is 6.54 Å². The first-order valence-electron chi connectivity index (χ1n) is 10.2. The Bertz CT molecular complexity index is 864. The number of ether oxygens (including phenoxy) is 2. The summed E-state index contributed by atoms with van der Waals surface area (Å²) in [6, 6.07) is 20.6. The van der Waals surface area contributed by atoms with Crippen molar-refractivity contribution in [3.63, 3.8) is 0 Å². The van der Waals surface area contributed by atoms with Crippen LogP contribution in [0.15, 0.2) is 71.3 Å². The van der Waals surface area contributed by atoms with Gasteiger partial charge in [0.1, 0.15) is 29.4 Å². The maximum Gasteiger partial charge on any atom is 0.122 e. The molecule has 4 nitrogen and oxygen atoms in total. The minimum Gasteiger partial charge on any atom is -0.496 e. The van der Waals surface area contributed by atoms with Crippen molar-refractivity contribution in [1.29, 1.82) is 0 Å². The highest BCUT2D eigenvalue weighted by Crippen LogP contribution is 2.34. The zero-order chi connectivity index (χ0) is 20.7. The molecule has 4 heteroatoms. The minimum absolute atomic E-state index is 0.174. The average Bonchev–Trinajstić information content (AvgIpc) is 3.22. The van der Waals surface area contributed by atoms with Gasteiger partial charge in [0, 0.05) is 17.5 Å². The quantitative estimate of drug-likeness (QED) is 0.533. The lowest BCUT2D eigenvalue weighted by atomic mass is 9.92. The maximum absolute atomic E-state index is 5.89. The van der Waals surface area contributed by atoms with Gasteiger partial charge in [-0.1, -0.05) is 18.2 Å². The highest BCUT2D eigenvalue weighted by atomic mass is 16.5. The Morgan fingerprint density at radius 3 is 2.38 bits per heavy atom. The Morgan fingerprint density at radius 2 is 1.72 bits per heavy atom. The number of hydrogen-bond acceptors (Lipinski definition) is 3. The third-order valence-corrected chi connectivity index (χ3v) is 4.79. The zero-order valence-corrected chi connectivity index (χ0v) is 17.9. The van der Waals surface area contributed by atoms with Gasteiger partial charge in [0.15, 0.2) is 0 Å². The van der Waals surface area contributed by atoms with E-state index in [1.54, 1.807) is 13.4 Å². The Hall–Kier alpha value is -2.72. The molecule has 0 fully saturated rings. The number of nitrogens with two attached hydrogens (primary N) is 1. The standard InChI is InChI=1S/C25H31NO3/c1-25(2,3)29-20-13-11-19(12-14-20)18-26-16-15-22(24-10-7-17-28-24)21-8-5-6-9-23(21)27-4/h5-14,17,22,26H,15-16,18H2,1-4H3/p+1/t22-/m0/s1. The first kappa shape index (κ1) is 21.0. The molecule has 0 unspecified atom stereocenters. The molecular formula is C25H32NO3+. The molecule has 3 aromatic rings. The molecule has 1 atom stereocenters. The SMILES string of the molecule is COc1ccccc1[C@H](CC[NH2+]Cc1ccc(OC(C)(C)C)cc1)c1ccco1. The smallest absolute Gasteiger partial charge is 0.122 e. The van der Waals surface area contributed by atoms with Crippen LogP contribution in [0.3, 0.4) is 0 Å². The Kier molecular flexibility index (Phi) is 6.99. The largest absolute Gasteiger partial charge is 0.496 e. The average molecular weight is 395 g/mol. The number of hydrogen-bond donors (Lipinski definition) is 1. The van der Waals surface area contributed by atoms with Gasteiger partial charge in [-0.05, 0) is 63.2 Å². The van der Waals surface area contributed by atoms with Crippen LogP contribution in [0.4, 0.5) is 0 Å². The van der Waals surface area contributed by atoms with Gasteiger partial charge in [0.25, 0.3) is 0 Å². The van der Waals surface area contributed by atoms with Crippen LogP contribution < -0.4 is 14.8 Å². The summed E-state index contributed by atoms with van der Waals surface area (Å²) in [7, 11) is 1.72. The molecule has 0 saturated carbocycles. The van der Waals surface area contributed by atoms with E-state index >= 15 is 0 Å². The molecule has 0 amide bonds. The summed E-state index contributed by atoms with van der Waals surface area (Å²) in [4.78, 5) is 0. The molecule has 0 radical (unpaired) electrons. The van der Waals surface area contributed by atoms with Crippen molar-refractivity contribution in [2.45, 2.75) is 45.3 Å². The predicted octanol–water partition coefficient (Wildman–Crippen LogP) is 4.75. The van der Waals surface area contributed by atoms with Crippen molar-refractivity contribution >= 4 is 0 Å². The van der Waals surface area contributed by atoms with Crippen LogP contribution in [0.25, 0.3) is 0 Å². The number of para-hydroxylation sites is 1. The lowest BCUT2D eigenvalue weighted by Crippen LogP contribution is -2.82. The number of quaternary nitrogens is 1. The summed E-state index contributed by atoms with van der Waals surface area (Å²) >= 11 is 0. The summed E-state index contributed by atoms with van der Waals surface area (Å²) < 4.78 is 17.2. The van der Waals surface area contributed by atoms with Gasteiger partial charge in [-0.15, -0.1) is 0 Å². The second-order valence-corrected chi connectivity index (χ2v) is 8.24. The fraction of sp³-hybridized carbons (Fsp3) is 0.360. The monoisotopic (exact) mass is 394 g/mol. The molecule has 2 aromatic carbocycles. The molecular weight excluding hydrogens is 362 g/mol. The second-order valence-electron chi connectivity index (χ2n) is 8.24. The van der Waals surface area contributed by atoms with Crippen molar-refractivity contribution in [1.82, 2.24) is 0 Å². The van der Waals surface area contributed by atoms with E-state index in [-0.39, 0.29) is 11.5 Å². The highest BCUT2D eigenvalue weighted by Gasteiger charge is 2.21. The molecule has 29 heavy (non-hydrogen) atoms. The number of rotatable bonds is 9. The van der Waals surface area contributed by atoms with Gasteiger partial charge in [0.2, 0.25) is 0 Å². The Balaban J connectivity index is 1.58. The first-order valence-corrected chi connectivity index (χ1v) is 10.2. The van der Waals surface area contributed by atoms with Crippen LogP contribution >= 0.6 is 0 Å². The van der Waals surface area contributed by atoms with Gasteiger partial charge < -0.3 is 19.2 Å². The third-order valence-electron chi connectivity index (χ3n) is 4.79. The van der Waals surface area contributed by atoms with Gasteiger partial charge in [-0.2, -0.15) is 0 Å². The summed E-state index contributed by atoms with van der Waals surface area (Å²) in [5.41, 5.74) is 2.28. The van der Waals surface area contributed by atoms with E-state index in [2.05, 4.69) is 62.5 Å². The molecule has 0 saturated heterocycles. The van der Waals surface area contributed by atoms with Gasteiger partial charge in [0.05, 0.1) is 25.8 Å². The molecule has 1 aromatic heterocycles. The molecule has 0 aliphatic heterocycles. The van der Waals surface area contributed by atoms with Crippen molar-refractivity contribution in [2.75, 3.05) is 13.7 Å². The summed E-state index contributed by atoms with van der Waals surface area (Å²) in [5, 5.41) is 2.34. The van der Waals surface area contributed by atoms with Crippen molar-refractivity contribution < 1.29 is 19.2 Å². The van der Waals surface area contributed by atoms with Crippen molar-refractivity contribution in [3.8, 4) is 11.5 Å². The van der Waals surface area contributed by atoms with E-state index in [1.165, 1.54) is 11.1 Å². The second kappa shape index (κ2) is 9.66. The summed E-state index contributed by atoms with van der Waals surface area (Å²) in [6.45, 7) is 8.11. The van der Waals surface area contributed by atoms with Crippen LogP contribution in [0, 0.1) is 0 Å². The van der Waals surface area contributed by atoms with E-state index in [0.717, 1.165) is 36.8 Å². The molecule has 0 aliphatic carbocycles. The number of furan rings is 1. The molecule has 154 valence electrons. The van der Waals surface area contributed by atoms with Crippen molar-refractivity contribution in [3.05, 3.63) is 83.8 Å². The van der Waals surface area contributed by atoms with Crippen molar-refractivity contribution in [2.24, 2.45) is 0 Å². The van der Waals surface area contributed by atoms with E-state index in [0.29, 0.717) is 0 Å². The van der Waals surface area contributed by atoms with Gasteiger partial charge in [-0.3, -0.25) is 0 Å². The fourth-order valence-electron chi connectivity index (χ4n) is 3.50. The van der Waals surface area contributed by atoms with E-state index in [4.69, 9.17) is 13.9 Å². The van der Waals surface area contributed by atoms with Crippen LogP contribution in [0.2, 0.25) is 0 Å². The van der Waals surface area contributed by atoms with E-state index in [9.17, 15) is 0 Å². The van der Waals surface area contributed by atoms with Crippen LogP contribution in [0.5, 0.6) is 11.5 Å². The molecule has 2 N–H and O–H groups in total. The van der Waals surface area contributed by atoms with Gasteiger partial charge in [-0.25, -0.2) is 0 Å². The molecule has 3 rings (SSSR count). The summed E-state index contributed by atoms with van der Waals surface area (Å²) in [6.07, 6.45) is 2.71. The van der Waals surface area contributed by atoms with Crippen LogP contribution in [0.1, 0.15) is 50.0 Å². The minimum atomic E-state index is -0.174. The topological polar surface area (TPSA) is 48.2 Å². The summed E-state index contributed by atoms with van der Waals surface area (Å²) in [5.74, 6) is 2.98. The maximum atomic E-state index is 5.89. The van der Waals surface area contributed by atoms with E-state index in [1.807, 2.05) is 24.3 Å². The van der Waals surface area contributed by atoms with E-state index < -0.39 is 0 Å². The molecule has 0 bridgehead atoms. The lowest BCUT2D eigenvalue weighted by Gasteiger charge is -2.21. The zero-order valence-electron chi connectivity index (χ0n) is 17.9. The third kappa shape index (κ3) is 6.13. The lowest BCUT2D eigenvalue weighted by molar-refractivity contribution is -0.671. The molecule has 0 aliphatic rings. The van der Waals surface area contributed by atoms with Gasteiger partial charge >= 0.3 is 0 Å². The normalized spacial score (nSPS) is 12.6. The number of benzene rings is 2. The predicted molar refractivity (Wildman–Crippen MR) is 115 cm³/mol. The molecule has 1 heterocycles. The molecule has 0 spiro atoms. The first-order chi connectivity index (χ1) is 14.0. The fourth-order valence-corrected chi connectivity index (χ4v) is 3.50. The number of methoxy groups -OCH3 is 1. The highest BCUT2D eigenvalue weighted by molar-refractivity contribution is 5.39. The Labute approximate surface area is 173 Å². The Morgan fingerprint density at radius 1 is 0.966 bits per heavy atom.